The highest BCUT2D eigenvalue weighted by molar-refractivity contribution is 7.12. The number of nitrogens with zero attached hydrogens (tertiary/aromatic N) is 5. The van der Waals surface area contributed by atoms with Gasteiger partial charge in [0.05, 0.1) is 0 Å². The van der Waals surface area contributed by atoms with Crippen molar-refractivity contribution in [2.24, 2.45) is 0 Å². The van der Waals surface area contributed by atoms with Crippen molar-refractivity contribution in [2.45, 2.75) is 13.2 Å². The van der Waals surface area contributed by atoms with Crippen LogP contribution in [0, 0.1) is 0 Å². The fraction of sp³-hybridized carbons (Fsp3) is 0.214. The minimum atomic E-state index is -0.245. The minimum Gasteiger partial charge on any atom is -0.283 e. The van der Waals surface area contributed by atoms with E-state index in [4.69, 9.17) is 11.6 Å². The molecule has 0 N–H and O–H groups in total. The number of rotatable bonds is 5. The third-order valence-electron chi connectivity index (χ3n) is 3.10. The smallest absolute Gasteiger partial charge is 0.283 e. The van der Waals surface area contributed by atoms with Crippen molar-refractivity contribution in [3.05, 3.63) is 62.8 Å². The molecule has 2 aromatic heterocycles. The van der Waals surface area contributed by atoms with Crippen LogP contribution < -0.4 is 5.69 Å². The molecule has 0 aliphatic rings. The molecular weight excluding hydrogens is 322 g/mol. The van der Waals surface area contributed by atoms with Crippen LogP contribution in [0.4, 0.5) is 0 Å². The maximum Gasteiger partial charge on any atom is 0.370 e. The average molecular weight is 336 g/mol. The Labute approximate surface area is 136 Å². The molecule has 0 bridgehead atoms. The van der Waals surface area contributed by atoms with Gasteiger partial charge in [-0.1, -0.05) is 23.7 Å². The summed E-state index contributed by atoms with van der Waals surface area (Å²) in [5.41, 5.74) is 0.871. The monoisotopic (exact) mass is 335 g/mol. The normalized spacial score (nSPS) is 11.2. The van der Waals surface area contributed by atoms with Gasteiger partial charge in [0.1, 0.15) is 11.7 Å². The molecule has 3 aromatic rings. The van der Waals surface area contributed by atoms with Gasteiger partial charge in [-0.15, -0.1) is 11.3 Å². The number of hydrogen-bond acceptors (Lipinski definition) is 5. The van der Waals surface area contributed by atoms with Crippen molar-refractivity contribution in [3.63, 3.8) is 0 Å². The van der Waals surface area contributed by atoms with Gasteiger partial charge < -0.3 is 0 Å². The minimum absolute atomic E-state index is 0.245. The van der Waals surface area contributed by atoms with E-state index < -0.39 is 0 Å². The van der Waals surface area contributed by atoms with Crippen LogP contribution in [0.2, 0.25) is 5.02 Å². The van der Waals surface area contributed by atoms with E-state index in [0.717, 1.165) is 10.6 Å². The Morgan fingerprint density at radius 1 is 1.23 bits per heavy atom. The van der Waals surface area contributed by atoms with Gasteiger partial charge in [0, 0.05) is 11.6 Å². The van der Waals surface area contributed by atoms with Gasteiger partial charge in [-0.05, 0) is 52.7 Å². The molecule has 2 heterocycles. The van der Waals surface area contributed by atoms with Crippen LogP contribution in [-0.4, -0.2) is 31.7 Å². The van der Waals surface area contributed by atoms with Crippen molar-refractivity contribution >= 4 is 22.9 Å². The molecular formula is C14H14ClN5OS. The molecule has 114 valence electrons. The van der Waals surface area contributed by atoms with E-state index in [2.05, 4.69) is 10.4 Å². The molecule has 0 unspecified atom stereocenters. The molecule has 0 spiro atoms. The first kappa shape index (κ1) is 15.0. The van der Waals surface area contributed by atoms with Gasteiger partial charge in [0.2, 0.25) is 0 Å². The van der Waals surface area contributed by atoms with Gasteiger partial charge in [-0.3, -0.25) is 4.90 Å². The third-order valence-corrected chi connectivity index (χ3v) is 4.19. The first-order chi connectivity index (χ1) is 10.6. The van der Waals surface area contributed by atoms with Crippen molar-refractivity contribution in [3.8, 4) is 5.00 Å². The van der Waals surface area contributed by atoms with Gasteiger partial charge in [-0.25, -0.2) is 4.79 Å². The van der Waals surface area contributed by atoms with E-state index in [9.17, 15) is 4.79 Å². The van der Waals surface area contributed by atoms with E-state index in [1.165, 1.54) is 20.7 Å². The average Bonchev–Trinajstić information content (AvgIpc) is 3.12. The lowest BCUT2D eigenvalue weighted by molar-refractivity contribution is 0.239. The van der Waals surface area contributed by atoms with Gasteiger partial charge >= 0.3 is 5.69 Å². The Balaban J connectivity index is 1.71. The van der Waals surface area contributed by atoms with Crippen LogP contribution in [-0.2, 0) is 13.2 Å². The highest BCUT2D eigenvalue weighted by Gasteiger charge is 2.11. The Bertz CT molecular complexity index is 794. The second-order valence-electron chi connectivity index (χ2n) is 4.91. The molecule has 0 amide bonds. The maximum atomic E-state index is 12.3. The number of benzene rings is 1. The summed E-state index contributed by atoms with van der Waals surface area (Å²) in [6, 6.07) is 11.3. The third kappa shape index (κ3) is 3.27. The van der Waals surface area contributed by atoms with Crippen LogP contribution in [0.3, 0.4) is 0 Å². The van der Waals surface area contributed by atoms with Crippen LogP contribution in [0.15, 0.2) is 46.6 Å². The number of hydrogen-bond donors (Lipinski definition) is 0. The van der Waals surface area contributed by atoms with E-state index in [-0.39, 0.29) is 5.69 Å². The Hall–Kier alpha value is -1.96. The molecule has 3 rings (SSSR count). The molecule has 22 heavy (non-hydrogen) atoms. The van der Waals surface area contributed by atoms with E-state index in [1.807, 2.05) is 53.7 Å². The summed E-state index contributed by atoms with van der Waals surface area (Å²) >= 11 is 7.32. The van der Waals surface area contributed by atoms with E-state index in [1.54, 1.807) is 0 Å². The van der Waals surface area contributed by atoms with Crippen molar-refractivity contribution in [2.75, 3.05) is 7.05 Å². The number of tetrazole rings is 1. The van der Waals surface area contributed by atoms with Gasteiger partial charge in [-0.2, -0.15) is 9.36 Å². The van der Waals surface area contributed by atoms with Crippen LogP contribution in [0.25, 0.3) is 5.00 Å². The van der Waals surface area contributed by atoms with Gasteiger partial charge in [0.25, 0.3) is 0 Å². The first-order valence-corrected chi connectivity index (χ1v) is 7.89. The summed E-state index contributed by atoms with van der Waals surface area (Å²) in [4.78, 5) is 14.2. The van der Waals surface area contributed by atoms with Crippen molar-refractivity contribution < 1.29 is 0 Å². The lowest BCUT2D eigenvalue weighted by Crippen LogP contribution is -2.31. The number of aromatic nitrogens is 4. The summed E-state index contributed by atoms with van der Waals surface area (Å²) in [7, 11) is 1.92. The zero-order valence-corrected chi connectivity index (χ0v) is 13.5. The molecule has 0 aliphatic heterocycles. The zero-order valence-electron chi connectivity index (χ0n) is 11.9. The Morgan fingerprint density at radius 2 is 2.00 bits per heavy atom. The predicted molar refractivity (Wildman–Crippen MR) is 86.4 cm³/mol. The SMILES string of the molecule is CN(Cc1ccc(Cl)cc1)Cn1nnn(-c2cccs2)c1=O. The second-order valence-corrected chi connectivity index (χ2v) is 6.27. The fourth-order valence-electron chi connectivity index (χ4n) is 2.07. The van der Waals surface area contributed by atoms with E-state index >= 15 is 0 Å². The summed E-state index contributed by atoms with van der Waals surface area (Å²) in [6.07, 6.45) is 0. The molecule has 0 aliphatic carbocycles. The highest BCUT2D eigenvalue weighted by atomic mass is 35.5. The quantitative estimate of drug-likeness (QED) is 0.717. The first-order valence-electron chi connectivity index (χ1n) is 6.63. The highest BCUT2D eigenvalue weighted by Crippen LogP contribution is 2.12. The van der Waals surface area contributed by atoms with Gasteiger partial charge in [0.15, 0.2) is 0 Å². The summed E-state index contributed by atoms with van der Waals surface area (Å²) in [6.45, 7) is 1.06. The molecule has 1 aromatic carbocycles. The largest absolute Gasteiger partial charge is 0.370 e. The van der Waals surface area contributed by atoms with Crippen molar-refractivity contribution in [1.82, 2.24) is 24.7 Å². The Morgan fingerprint density at radius 3 is 2.68 bits per heavy atom. The van der Waals surface area contributed by atoms with E-state index in [0.29, 0.717) is 18.2 Å². The summed E-state index contributed by atoms with van der Waals surface area (Å²) < 4.78 is 2.65. The topological polar surface area (TPSA) is 56.0 Å². The predicted octanol–water partition coefficient (Wildman–Crippen LogP) is 2.23. The fourth-order valence-corrected chi connectivity index (χ4v) is 2.87. The molecule has 0 atom stereocenters. The van der Waals surface area contributed by atoms with Crippen LogP contribution in [0.1, 0.15) is 5.56 Å². The second kappa shape index (κ2) is 6.43. The lowest BCUT2D eigenvalue weighted by Gasteiger charge is -2.15. The Kier molecular flexibility index (Phi) is 4.37. The molecule has 8 heteroatoms. The number of thiophene rings is 1. The number of halogens is 1. The summed E-state index contributed by atoms with van der Waals surface area (Å²) in [5.74, 6) is 0. The molecule has 6 nitrogen and oxygen atoms in total. The molecule has 0 fully saturated rings. The van der Waals surface area contributed by atoms with Crippen LogP contribution in [0.5, 0.6) is 0 Å². The zero-order chi connectivity index (χ0) is 15.5. The maximum absolute atomic E-state index is 12.3. The lowest BCUT2D eigenvalue weighted by atomic mass is 10.2. The molecule has 0 radical (unpaired) electrons. The van der Waals surface area contributed by atoms with Crippen LogP contribution >= 0.6 is 22.9 Å². The standard InChI is InChI=1S/C14H14ClN5OS/c1-18(9-11-4-6-12(15)7-5-11)10-19-14(21)20(17-16-19)13-3-2-8-22-13/h2-8H,9-10H2,1H3. The summed E-state index contributed by atoms with van der Waals surface area (Å²) in [5, 5.41) is 11.2. The molecule has 0 saturated carbocycles. The molecule has 0 saturated heterocycles. The van der Waals surface area contributed by atoms with Crippen molar-refractivity contribution in [1.29, 1.82) is 0 Å².